The lowest BCUT2D eigenvalue weighted by Crippen LogP contribution is -2.42. The minimum atomic E-state index is -0.0746. The first-order valence-corrected chi connectivity index (χ1v) is 13.7. The second-order valence-electron chi connectivity index (χ2n) is 10.3. The zero-order valence-electron chi connectivity index (χ0n) is 20.6. The van der Waals surface area contributed by atoms with Crippen LogP contribution >= 0.6 is 11.3 Å². The summed E-state index contributed by atoms with van der Waals surface area (Å²) >= 11 is 1.53. The van der Waals surface area contributed by atoms with E-state index in [1.807, 2.05) is 18.2 Å². The molecule has 0 unspecified atom stereocenters. The van der Waals surface area contributed by atoms with Crippen molar-refractivity contribution >= 4 is 28.3 Å². The molecule has 1 aromatic heterocycles. The molecule has 0 N–H and O–H groups in total. The first kappa shape index (κ1) is 23.7. The predicted octanol–water partition coefficient (Wildman–Crippen LogP) is 3.35. The molecule has 1 aromatic carbocycles. The molecular weight excluding hydrogens is 480 g/mol. The Morgan fingerprint density at radius 3 is 2.75 bits per heavy atom. The van der Waals surface area contributed by atoms with E-state index in [9.17, 15) is 9.59 Å². The molecule has 2 aliphatic carbocycles. The first-order valence-electron chi connectivity index (χ1n) is 12.9. The third-order valence-corrected chi connectivity index (χ3v) is 8.52. The fraction of sp³-hybridized carbons (Fsp3) is 0.615. The van der Waals surface area contributed by atoms with Gasteiger partial charge < -0.3 is 19.1 Å². The number of hydrogen-bond acceptors (Lipinski definition) is 8. The SMILES string of the molecule is COc1ccc([C@@H]2CC(=O)N(CC(=O)N(CC3CC3)c3nnc(C4CC4)s3)C2)cc1O[C@@H]1CCOC1. The number of anilines is 1. The molecule has 2 saturated heterocycles. The van der Waals surface area contributed by atoms with Crippen LogP contribution in [0.1, 0.15) is 60.9 Å². The van der Waals surface area contributed by atoms with Crippen molar-refractivity contribution in [2.45, 2.75) is 56.5 Å². The summed E-state index contributed by atoms with van der Waals surface area (Å²) < 4.78 is 17.1. The summed E-state index contributed by atoms with van der Waals surface area (Å²) in [4.78, 5) is 29.8. The highest BCUT2D eigenvalue weighted by molar-refractivity contribution is 7.15. The van der Waals surface area contributed by atoms with Crippen LogP contribution in [0.2, 0.25) is 0 Å². The highest BCUT2D eigenvalue weighted by Gasteiger charge is 2.36. The van der Waals surface area contributed by atoms with Crippen LogP contribution < -0.4 is 14.4 Å². The Hall–Kier alpha value is -2.72. The average Bonchev–Trinajstić information content (AvgIpc) is 3.76. The van der Waals surface area contributed by atoms with Gasteiger partial charge in [-0.2, -0.15) is 0 Å². The number of likely N-dealkylation sites (tertiary alicyclic amines) is 1. The van der Waals surface area contributed by atoms with E-state index in [0.717, 1.165) is 42.7 Å². The van der Waals surface area contributed by atoms with E-state index in [1.54, 1.807) is 16.9 Å². The van der Waals surface area contributed by atoms with Crippen molar-refractivity contribution in [1.82, 2.24) is 15.1 Å². The number of carbonyl (C=O) groups is 2. The van der Waals surface area contributed by atoms with E-state index in [-0.39, 0.29) is 30.4 Å². The Bertz CT molecular complexity index is 1130. The van der Waals surface area contributed by atoms with E-state index in [4.69, 9.17) is 14.2 Å². The lowest BCUT2D eigenvalue weighted by molar-refractivity contribution is -0.132. The molecule has 0 bridgehead atoms. The van der Waals surface area contributed by atoms with Crippen LogP contribution in [0.15, 0.2) is 18.2 Å². The van der Waals surface area contributed by atoms with Crippen molar-refractivity contribution in [3.63, 3.8) is 0 Å². The Balaban J connectivity index is 1.13. The summed E-state index contributed by atoms with van der Waals surface area (Å²) in [6.07, 6.45) is 5.81. The maximum atomic E-state index is 13.4. The molecule has 36 heavy (non-hydrogen) atoms. The maximum Gasteiger partial charge on any atom is 0.248 e. The number of nitrogens with zero attached hydrogens (tertiary/aromatic N) is 4. The van der Waals surface area contributed by atoms with Crippen LogP contribution in [0.5, 0.6) is 11.5 Å². The predicted molar refractivity (Wildman–Crippen MR) is 134 cm³/mol. The van der Waals surface area contributed by atoms with Crippen LogP contribution in [-0.2, 0) is 14.3 Å². The summed E-state index contributed by atoms with van der Waals surface area (Å²) in [5.41, 5.74) is 1.01. The average molecular weight is 513 g/mol. The summed E-state index contributed by atoms with van der Waals surface area (Å²) in [5.74, 6) is 2.29. The summed E-state index contributed by atoms with van der Waals surface area (Å²) in [6.45, 7) is 2.50. The van der Waals surface area contributed by atoms with Crippen LogP contribution in [0.3, 0.4) is 0 Å². The number of amides is 2. The number of carbonyl (C=O) groups excluding carboxylic acids is 2. The van der Waals surface area contributed by atoms with Gasteiger partial charge in [-0.15, -0.1) is 10.2 Å². The van der Waals surface area contributed by atoms with E-state index < -0.39 is 0 Å². The summed E-state index contributed by atoms with van der Waals surface area (Å²) in [7, 11) is 1.62. The number of aromatic nitrogens is 2. The van der Waals surface area contributed by atoms with Crippen molar-refractivity contribution in [3.8, 4) is 11.5 Å². The summed E-state index contributed by atoms with van der Waals surface area (Å²) in [5, 5.41) is 10.4. The van der Waals surface area contributed by atoms with Crippen molar-refractivity contribution in [2.75, 3.05) is 44.9 Å². The van der Waals surface area contributed by atoms with Gasteiger partial charge in [0.1, 0.15) is 17.7 Å². The third kappa shape index (κ3) is 5.20. The van der Waals surface area contributed by atoms with Gasteiger partial charge in [0, 0.05) is 37.8 Å². The molecule has 2 aliphatic heterocycles. The minimum absolute atomic E-state index is 0.00161. The van der Waals surface area contributed by atoms with Gasteiger partial charge in [-0.05, 0) is 49.3 Å². The number of hydrogen-bond donors (Lipinski definition) is 0. The van der Waals surface area contributed by atoms with Gasteiger partial charge in [-0.3, -0.25) is 14.5 Å². The topological polar surface area (TPSA) is 94.1 Å². The van der Waals surface area contributed by atoms with Crippen LogP contribution in [0.4, 0.5) is 5.13 Å². The number of methoxy groups -OCH3 is 1. The second-order valence-corrected chi connectivity index (χ2v) is 11.3. The third-order valence-electron chi connectivity index (χ3n) is 7.41. The van der Waals surface area contributed by atoms with E-state index in [2.05, 4.69) is 10.2 Å². The minimum Gasteiger partial charge on any atom is -0.493 e. The molecule has 4 aliphatic rings. The first-order chi connectivity index (χ1) is 17.6. The molecule has 192 valence electrons. The molecule has 0 spiro atoms. The summed E-state index contributed by atoms with van der Waals surface area (Å²) in [6, 6.07) is 5.85. The smallest absolute Gasteiger partial charge is 0.248 e. The zero-order valence-corrected chi connectivity index (χ0v) is 21.4. The molecular formula is C26H32N4O5S. The normalized spacial score (nSPS) is 23.8. The maximum absolute atomic E-state index is 13.4. The molecule has 3 heterocycles. The van der Waals surface area contributed by atoms with Crippen LogP contribution in [0.25, 0.3) is 0 Å². The van der Waals surface area contributed by atoms with Crippen LogP contribution in [-0.4, -0.2) is 73.0 Å². The number of ether oxygens (including phenoxy) is 3. The molecule has 9 nitrogen and oxygen atoms in total. The standard InChI is InChI=1S/C26H32N4O5S/c1-33-21-7-6-18(10-22(21)35-20-8-9-34-15-20)19-11-23(31)29(13-19)14-24(32)30(12-16-2-3-16)26-28-27-25(36-26)17-4-5-17/h6-7,10,16-17,19-20H,2-5,8-9,11-15H2,1H3/t19-,20-/m1/s1. The molecule has 0 radical (unpaired) electrons. The Labute approximate surface area is 214 Å². The molecule has 4 fully saturated rings. The Morgan fingerprint density at radius 1 is 1.17 bits per heavy atom. The van der Waals surface area contributed by atoms with Crippen molar-refractivity contribution < 1.29 is 23.8 Å². The van der Waals surface area contributed by atoms with Crippen LogP contribution in [0, 0.1) is 5.92 Å². The Kier molecular flexibility index (Phi) is 6.55. The van der Waals surface area contributed by atoms with Gasteiger partial charge in [-0.1, -0.05) is 17.4 Å². The second kappa shape index (κ2) is 9.97. The molecule has 2 aromatic rings. The largest absolute Gasteiger partial charge is 0.493 e. The fourth-order valence-electron chi connectivity index (χ4n) is 4.90. The van der Waals surface area contributed by atoms with E-state index in [0.29, 0.717) is 61.2 Å². The molecule has 6 rings (SSSR count). The van der Waals surface area contributed by atoms with Crippen molar-refractivity contribution in [3.05, 3.63) is 28.8 Å². The van der Waals surface area contributed by atoms with Gasteiger partial charge >= 0.3 is 0 Å². The van der Waals surface area contributed by atoms with Gasteiger partial charge in [0.05, 0.1) is 20.3 Å². The number of rotatable bonds is 10. The molecule has 2 amide bonds. The quantitative estimate of drug-likeness (QED) is 0.482. The van der Waals surface area contributed by atoms with Crippen molar-refractivity contribution in [2.24, 2.45) is 5.92 Å². The number of benzene rings is 1. The van der Waals surface area contributed by atoms with E-state index in [1.165, 1.54) is 11.3 Å². The zero-order chi connectivity index (χ0) is 24.6. The van der Waals surface area contributed by atoms with Gasteiger partial charge in [0.2, 0.25) is 16.9 Å². The van der Waals surface area contributed by atoms with Gasteiger partial charge in [0.15, 0.2) is 11.5 Å². The fourth-order valence-corrected chi connectivity index (χ4v) is 5.94. The highest BCUT2D eigenvalue weighted by atomic mass is 32.1. The molecule has 2 atom stereocenters. The molecule has 10 heteroatoms. The van der Waals surface area contributed by atoms with Crippen molar-refractivity contribution in [1.29, 1.82) is 0 Å². The monoisotopic (exact) mass is 512 g/mol. The van der Waals surface area contributed by atoms with E-state index >= 15 is 0 Å². The Morgan fingerprint density at radius 2 is 2.03 bits per heavy atom. The van der Waals surface area contributed by atoms with Gasteiger partial charge in [0.25, 0.3) is 0 Å². The van der Waals surface area contributed by atoms with Gasteiger partial charge in [-0.25, -0.2) is 0 Å². The highest BCUT2D eigenvalue weighted by Crippen LogP contribution is 2.43. The lowest BCUT2D eigenvalue weighted by Gasteiger charge is -2.23. The molecule has 2 saturated carbocycles. The lowest BCUT2D eigenvalue weighted by atomic mass is 9.98.